The number of aryl methyl sites for hydroxylation is 1. The average Bonchev–Trinajstić information content (AvgIpc) is 3.18. The summed E-state index contributed by atoms with van der Waals surface area (Å²) >= 11 is 0. The molecule has 7 nitrogen and oxygen atoms in total. The first kappa shape index (κ1) is 12.8. The van der Waals surface area contributed by atoms with Crippen LogP contribution in [0.4, 0.5) is 0 Å². The van der Waals surface area contributed by atoms with Crippen LogP contribution in [-0.2, 0) is 11.3 Å². The quantitative estimate of drug-likeness (QED) is 0.824. The Kier molecular flexibility index (Phi) is 3.76. The summed E-state index contributed by atoms with van der Waals surface area (Å²) in [7, 11) is 0. The van der Waals surface area contributed by atoms with E-state index < -0.39 is 0 Å². The van der Waals surface area contributed by atoms with Crippen LogP contribution in [0.15, 0.2) is 31.4 Å². The molecule has 3 heterocycles. The molecule has 20 heavy (non-hydrogen) atoms. The van der Waals surface area contributed by atoms with Gasteiger partial charge in [0.1, 0.15) is 12.7 Å². The van der Waals surface area contributed by atoms with Crippen LogP contribution in [0.3, 0.4) is 0 Å². The fourth-order valence-electron chi connectivity index (χ4n) is 2.60. The molecule has 1 fully saturated rings. The first-order chi connectivity index (χ1) is 9.83. The lowest BCUT2D eigenvalue weighted by molar-refractivity contribution is -0.133. The van der Waals surface area contributed by atoms with Crippen LogP contribution in [0.5, 0.6) is 0 Å². The number of hydrogen-bond donors (Lipinski definition) is 0. The van der Waals surface area contributed by atoms with E-state index in [2.05, 4.69) is 15.1 Å². The van der Waals surface area contributed by atoms with E-state index in [9.17, 15) is 4.79 Å². The summed E-state index contributed by atoms with van der Waals surface area (Å²) in [5, 5.41) is 4.18. The minimum atomic E-state index is 0.198. The van der Waals surface area contributed by atoms with Crippen molar-refractivity contribution in [2.24, 2.45) is 0 Å². The predicted octanol–water partition coefficient (Wildman–Crippen LogP) is 0.728. The topological polar surface area (TPSA) is 68.8 Å². The number of nitrogens with zero attached hydrogens (tertiary/aromatic N) is 6. The number of piperidine rings is 1. The largest absolute Gasteiger partial charge is 0.340 e. The third kappa shape index (κ3) is 2.87. The highest BCUT2D eigenvalue weighted by atomic mass is 16.2. The molecule has 0 saturated carbocycles. The van der Waals surface area contributed by atoms with Gasteiger partial charge in [0.25, 0.3) is 0 Å². The monoisotopic (exact) mass is 274 g/mol. The van der Waals surface area contributed by atoms with Crippen molar-refractivity contribution in [2.45, 2.75) is 31.8 Å². The van der Waals surface area contributed by atoms with Gasteiger partial charge < -0.3 is 9.47 Å². The Hall–Kier alpha value is -2.18. The molecule has 0 aromatic carbocycles. The van der Waals surface area contributed by atoms with Crippen molar-refractivity contribution in [3.8, 4) is 0 Å². The van der Waals surface area contributed by atoms with Crippen LogP contribution in [0, 0.1) is 0 Å². The fraction of sp³-hybridized carbons (Fsp3) is 0.538. The van der Waals surface area contributed by atoms with Crippen molar-refractivity contribution < 1.29 is 4.79 Å². The van der Waals surface area contributed by atoms with E-state index in [0.717, 1.165) is 25.9 Å². The molecule has 1 amide bonds. The number of rotatable bonds is 4. The van der Waals surface area contributed by atoms with Crippen molar-refractivity contribution >= 4 is 5.91 Å². The molecule has 0 spiro atoms. The maximum absolute atomic E-state index is 12.3. The molecule has 0 N–H and O–H groups in total. The summed E-state index contributed by atoms with van der Waals surface area (Å²) in [5.41, 5.74) is 0. The molecule has 106 valence electrons. The molecule has 1 aliphatic rings. The number of imidazole rings is 1. The van der Waals surface area contributed by atoms with Gasteiger partial charge >= 0.3 is 0 Å². The third-order valence-electron chi connectivity index (χ3n) is 3.70. The van der Waals surface area contributed by atoms with Gasteiger partial charge in [-0.15, -0.1) is 0 Å². The van der Waals surface area contributed by atoms with Crippen molar-refractivity contribution in [3.63, 3.8) is 0 Å². The van der Waals surface area contributed by atoms with Crippen molar-refractivity contribution in [1.82, 2.24) is 29.2 Å². The summed E-state index contributed by atoms with van der Waals surface area (Å²) in [4.78, 5) is 22.1. The molecule has 1 saturated heterocycles. The molecular formula is C13H18N6O. The van der Waals surface area contributed by atoms with E-state index in [4.69, 9.17) is 0 Å². The summed E-state index contributed by atoms with van der Waals surface area (Å²) in [6.07, 6.45) is 11.2. The Balaban J connectivity index is 1.55. The average molecular weight is 274 g/mol. The van der Waals surface area contributed by atoms with Gasteiger partial charge in [-0.2, -0.15) is 5.10 Å². The maximum atomic E-state index is 12.3. The van der Waals surface area contributed by atoms with Crippen LogP contribution >= 0.6 is 0 Å². The molecule has 0 unspecified atom stereocenters. The lowest BCUT2D eigenvalue weighted by Crippen LogP contribution is -2.41. The van der Waals surface area contributed by atoms with Crippen molar-refractivity contribution in [2.75, 3.05) is 13.1 Å². The van der Waals surface area contributed by atoms with Gasteiger partial charge in [0.15, 0.2) is 0 Å². The van der Waals surface area contributed by atoms with E-state index in [1.807, 2.05) is 20.3 Å². The number of carbonyl (C=O) groups excluding carboxylic acids is 1. The molecule has 0 bridgehead atoms. The number of amides is 1. The Labute approximate surface area is 117 Å². The Morgan fingerprint density at radius 1 is 1.30 bits per heavy atom. The number of hydrogen-bond acceptors (Lipinski definition) is 4. The molecule has 0 radical (unpaired) electrons. The van der Waals surface area contributed by atoms with E-state index in [1.165, 1.54) is 0 Å². The Bertz CT molecular complexity index is 535. The Morgan fingerprint density at radius 3 is 3.00 bits per heavy atom. The van der Waals surface area contributed by atoms with Crippen LogP contribution in [0.1, 0.15) is 25.3 Å². The normalized spacial score (nSPS) is 19.2. The number of aromatic nitrogens is 5. The van der Waals surface area contributed by atoms with Gasteiger partial charge in [0, 0.05) is 38.4 Å². The molecule has 1 atom stereocenters. The smallest absolute Gasteiger partial charge is 0.224 e. The molecular weight excluding hydrogens is 256 g/mol. The highest BCUT2D eigenvalue weighted by molar-refractivity contribution is 5.76. The summed E-state index contributed by atoms with van der Waals surface area (Å²) in [5.74, 6) is 0.198. The standard InChI is InChI=1S/C13H18N6O/c20-13(3-6-17-7-4-14-10-17)18-5-1-2-12(8-18)19-11-15-9-16-19/h4,7,9-12H,1-3,5-6,8H2/t12-/m0/s1. The van der Waals surface area contributed by atoms with Gasteiger partial charge in [-0.1, -0.05) is 0 Å². The summed E-state index contributed by atoms with van der Waals surface area (Å²) in [6, 6.07) is 0.253. The first-order valence-corrected chi connectivity index (χ1v) is 6.90. The van der Waals surface area contributed by atoms with Crippen molar-refractivity contribution in [1.29, 1.82) is 0 Å². The lowest BCUT2D eigenvalue weighted by atomic mass is 10.1. The predicted molar refractivity (Wildman–Crippen MR) is 71.7 cm³/mol. The van der Waals surface area contributed by atoms with Gasteiger partial charge in [-0.3, -0.25) is 4.79 Å². The summed E-state index contributed by atoms with van der Waals surface area (Å²) in [6.45, 7) is 2.25. The molecule has 3 rings (SSSR count). The first-order valence-electron chi connectivity index (χ1n) is 6.90. The zero-order chi connectivity index (χ0) is 13.8. The van der Waals surface area contributed by atoms with E-state index in [1.54, 1.807) is 25.2 Å². The highest BCUT2D eigenvalue weighted by Crippen LogP contribution is 2.20. The molecule has 0 aliphatic carbocycles. The minimum absolute atomic E-state index is 0.198. The van der Waals surface area contributed by atoms with Crippen molar-refractivity contribution in [3.05, 3.63) is 31.4 Å². The number of likely N-dealkylation sites (tertiary alicyclic amines) is 1. The van der Waals surface area contributed by atoms with Gasteiger partial charge in [-0.25, -0.2) is 14.6 Å². The molecule has 2 aromatic rings. The van der Waals surface area contributed by atoms with Crippen LogP contribution in [0.25, 0.3) is 0 Å². The van der Waals surface area contributed by atoms with Gasteiger partial charge in [0.05, 0.1) is 12.4 Å². The van der Waals surface area contributed by atoms with E-state index in [-0.39, 0.29) is 11.9 Å². The second-order valence-electron chi connectivity index (χ2n) is 5.06. The Morgan fingerprint density at radius 2 is 2.25 bits per heavy atom. The molecule has 2 aromatic heterocycles. The summed E-state index contributed by atoms with van der Waals surface area (Å²) < 4.78 is 3.78. The van der Waals surface area contributed by atoms with Crippen LogP contribution < -0.4 is 0 Å². The minimum Gasteiger partial charge on any atom is -0.340 e. The lowest BCUT2D eigenvalue weighted by Gasteiger charge is -2.32. The highest BCUT2D eigenvalue weighted by Gasteiger charge is 2.24. The second-order valence-corrected chi connectivity index (χ2v) is 5.06. The maximum Gasteiger partial charge on any atom is 0.224 e. The fourth-order valence-corrected chi connectivity index (χ4v) is 2.60. The third-order valence-corrected chi connectivity index (χ3v) is 3.70. The zero-order valence-corrected chi connectivity index (χ0v) is 11.3. The second kappa shape index (κ2) is 5.85. The SMILES string of the molecule is O=C(CCn1ccnc1)N1CCC[C@H](n2cncn2)C1. The van der Waals surface area contributed by atoms with Gasteiger partial charge in [0.2, 0.25) is 5.91 Å². The molecule has 7 heteroatoms. The van der Waals surface area contributed by atoms with Gasteiger partial charge in [-0.05, 0) is 12.8 Å². The molecule has 1 aliphatic heterocycles. The van der Waals surface area contributed by atoms with Crippen LogP contribution in [0.2, 0.25) is 0 Å². The van der Waals surface area contributed by atoms with E-state index in [0.29, 0.717) is 13.0 Å². The number of carbonyl (C=O) groups is 1. The van der Waals surface area contributed by atoms with E-state index >= 15 is 0 Å². The van der Waals surface area contributed by atoms with Crippen LogP contribution in [-0.4, -0.2) is 48.2 Å². The zero-order valence-electron chi connectivity index (χ0n) is 11.3.